The molecule has 1 aromatic rings. The Morgan fingerprint density at radius 2 is 1.93 bits per heavy atom. The van der Waals surface area contributed by atoms with E-state index in [2.05, 4.69) is 15.4 Å². The van der Waals surface area contributed by atoms with Crippen molar-refractivity contribution in [1.82, 2.24) is 0 Å². The molecule has 1 rings (SSSR count). The molecule has 0 saturated carbocycles. The van der Waals surface area contributed by atoms with Crippen LogP contribution in [0.4, 0.5) is 0 Å². The number of rotatable bonds is 4. The second-order valence-electron chi connectivity index (χ2n) is 2.46. The maximum Gasteiger partial charge on any atom is 1.00 e. The molecule has 1 aromatic carbocycles. The van der Waals surface area contributed by atoms with Gasteiger partial charge in [0, 0.05) is 5.56 Å². The minimum absolute atomic E-state index is 0. The van der Waals surface area contributed by atoms with E-state index in [0.29, 0.717) is 5.56 Å². The average molecular weight is 254 g/mol. The third kappa shape index (κ3) is 6.36. The molecule has 15 heavy (non-hydrogen) atoms. The van der Waals surface area contributed by atoms with Gasteiger partial charge in [-0.2, -0.15) is 0 Å². The van der Waals surface area contributed by atoms with Gasteiger partial charge >= 0.3 is 29.6 Å². The van der Waals surface area contributed by atoms with E-state index in [9.17, 15) is 13.6 Å². The fourth-order valence-corrected chi connectivity index (χ4v) is 1.23. The van der Waals surface area contributed by atoms with Crippen LogP contribution in [0.3, 0.4) is 0 Å². The van der Waals surface area contributed by atoms with Gasteiger partial charge in [0.1, 0.15) is 6.61 Å². The third-order valence-electron chi connectivity index (χ3n) is 1.43. The summed E-state index contributed by atoms with van der Waals surface area (Å²) in [7, 11) is -3.96. The van der Waals surface area contributed by atoms with Crippen LogP contribution in [-0.4, -0.2) is 21.2 Å². The first-order valence-electron chi connectivity index (χ1n) is 3.67. The van der Waals surface area contributed by atoms with Crippen LogP contribution < -0.4 is 29.6 Å². The largest absolute Gasteiger partial charge is 1.00 e. The molecular weight excluding hydrogens is 247 g/mol. The first kappa shape index (κ1) is 15.2. The van der Waals surface area contributed by atoms with Crippen molar-refractivity contribution in [2.45, 2.75) is 0 Å². The molecular formula is C8H7NaO4S2. The van der Waals surface area contributed by atoms with Crippen LogP contribution >= 0.6 is 0 Å². The Hall–Kier alpha value is 0.180. The predicted octanol–water partition coefficient (Wildman–Crippen LogP) is -2.32. The van der Waals surface area contributed by atoms with E-state index < -0.39 is 21.4 Å². The molecule has 0 aliphatic heterocycles. The molecule has 0 heterocycles. The summed E-state index contributed by atoms with van der Waals surface area (Å²) in [6, 6.07) is 8.25. The van der Waals surface area contributed by atoms with Crippen molar-refractivity contribution in [3.05, 3.63) is 35.9 Å². The summed E-state index contributed by atoms with van der Waals surface area (Å²) in [5.74, 6) is -0.418. The molecule has 0 aliphatic carbocycles. The van der Waals surface area contributed by atoms with E-state index in [0.717, 1.165) is 0 Å². The standard InChI is InChI=1S/C8H8O4S2.Na/c9-8(6-12-14(10,11)13)7-4-2-1-3-5-7;/h1-5H,6H2,(H,10,11,13);/q;+1/p-1. The van der Waals surface area contributed by atoms with Gasteiger partial charge in [-0.1, -0.05) is 30.3 Å². The fraction of sp³-hybridized carbons (Fsp3) is 0.125. The molecule has 0 spiro atoms. The van der Waals surface area contributed by atoms with E-state index in [1.807, 2.05) is 0 Å². The van der Waals surface area contributed by atoms with Gasteiger partial charge in [0.25, 0.3) is 0 Å². The number of benzene rings is 1. The zero-order chi connectivity index (χ0) is 10.6. The molecule has 1 unspecified atom stereocenters. The predicted molar refractivity (Wildman–Crippen MR) is 53.0 cm³/mol. The van der Waals surface area contributed by atoms with Crippen molar-refractivity contribution in [1.29, 1.82) is 0 Å². The molecule has 0 aliphatic rings. The van der Waals surface area contributed by atoms with Crippen LogP contribution in [0, 0.1) is 0 Å². The maximum atomic E-state index is 11.3. The quantitative estimate of drug-likeness (QED) is 0.446. The van der Waals surface area contributed by atoms with E-state index in [-0.39, 0.29) is 29.6 Å². The minimum atomic E-state index is -3.96. The number of carbonyl (C=O) groups excluding carboxylic acids is 1. The first-order valence-corrected chi connectivity index (χ1v) is 6.01. The normalized spacial score (nSPS) is 13.7. The summed E-state index contributed by atoms with van der Waals surface area (Å²) >= 11 is 3.95. The molecule has 7 heteroatoms. The number of ketones is 1. The monoisotopic (exact) mass is 254 g/mol. The Balaban J connectivity index is 0.00000196. The summed E-state index contributed by atoms with van der Waals surface area (Å²) in [5, 5.41) is 0. The summed E-state index contributed by atoms with van der Waals surface area (Å²) in [6.07, 6.45) is 0. The Bertz CT molecular complexity index is 416. The Morgan fingerprint density at radius 1 is 1.40 bits per heavy atom. The van der Waals surface area contributed by atoms with Crippen LogP contribution in [0.2, 0.25) is 0 Å². The van der Waals surface area contributed by atoms with Crippen LogP contribution in [0.1, 0.15) is 10.4 Å². The SMILES string of the molecule is O=C(COS(=O)([O-])=S)c1ccccc1.[Na+]. The van der Waals surface area contributed by atoms with Crippen LogP contribution in [0.5, 0.6) is 0 Å². The van der Waals surface area contributed by atoms with E-state index in [4.69, 9.17) is 0 Å². The van der Waals surface area contributed by atoms with Crippen molar-refractivity contribution in [2.24, 2.45) is 0 Å². The molecule has 1 atom stereocenters. The van der Waals surface area contributed by atoms with E-state index in [1.165, 1.54) is 0 Å². The summed E-state index contributed by atoms with van der Waals surface area (Å²) in [6.45, 7) is -0.546. The average Bonchev–Trinajstić information content (AvgIpc) is 2.14. The molecule has 0 aromatic heterocycles. The number of hydrogen-bond acceptors (Lipinski definition) is 5. The summed E-state index contributed by atoms with van der Waals surface area (Å²) < 4.78 is 25.0. The summed E-state index contributed by atoms with van der Waals surface area (Å²) in [5.41, 5.74) is 0.395. The van der Waals surface area contributed by atoms with Crippen molar-refractivity contribution in [2.75, 3.05) is 6.61 Å². The van der Waals surface area contributed by atoms with Crippen LogP contribution in [-0.2, 0) is 24.4 Å². The van der Waals surface area contributed by atoms with Gasteiger partial charge in [-0.25, -0.2) is 4.21 Å². The molecule has 0 N–H and O–H groups in total. The molecule has 76 valence electrons. The maximum absolute atomic E-state index is 11.3. The molecule has 0 radical (unpaired) electrons. The zero-order valence-corrected chi connectivity index (χ0v) is 11.7. The molecule has 0 fully saturated rings. The van der Waals surface area contributed by atoms with Crippen molar-refractivity contribution < 1.29 is 47.3 Å². The van der Waals surface area contributed by atoms with Gasteiger partial charge in [0.15, 0.2) is 5.78 Å². The van der Waals surface area contributed by atoms with Crippen LogP contribution in [0.15, 0.2) is 30.3 Å². The Labute approximate surface area is 115 Å². The Morgan fingerprint density at radius 3 is 2.40 bits per heavy atom. The van der Waals surface area contributed by atoms with Gasteiger partial charge < -0.3 is 4.55 Å². The van der Waals surface area contributed by atoms with E-state index >= 15 is 0 Å². The van der Waals surface area contributed by atoms with Gasteiger partial charge in [0.05, 0.1) is 9.05 Å². The molecule has 0 bridgehead atoms. The first-order chi connectivity index (χ1) is 6.49. The van der Waals surface area contributed by atoms with Gasteiger partial charge in [-0.15, -0.1) is 0 Å². The molecule has 4 nitrogen and oxygen atoms in total. The third-order valence-corrected chi connectivity index (χ3v) is 2.13. The van der Waals surface area contributed by atoms with Gasteiger partial charge in [-0.05, 0) is 11.2 Å². The number of carbonyl (C=O) groups is 1. The number of hydrogen-bond donors (Lipinski definition) is 0. The summed E-state index contributed by atoms with van der Waals surface area (Å²) in [4.78, 5) is 11.3. The van der Waals surface area contributed by atoms with Crippen molar-refractivity contribution in [3.8, 4) is 0 Å². The topological polar surface area (TPSA) is 66.4 Å². The second kappa shape index (κ2) is 6.70. The van der Waals surface area contributed by atoms with Gasteiger partial charge in [0.2, 0.25) is 0 Å². The number of Topliss-reactive ketones (excluding diaryl/α,β-unsaturated/α-hetero) is 1. The smallest absolute Gasteiger partial charge is 0.748 e. The van der Waals surface area contributed by atoms with Gasteiger partial charge in [-0.3, -0.25) is 8.98 Å². The minimum Gasteiger partial charge on any atom is -0.748 e. The van der Waals surface area contributed by atoms with Crippen molar-refractivity contribution in [3.63, 3.8) is 0 Å². The van der Waals surface area contributed by atoms with E-state index in [1.54, 1.807) is 30.3 Å². The second-order valence-corrected chi connectivity index (χ2v) is 4.74. The Kier molecular flexibility index (Phi) is 6.78. The van der Waals surface area contributed by atoms with Crippen molar-refractivity contribution >= 4 is 26.0 Å². The van der Waals surface area contributed by atoms with Crippen LogP contribution in [0.25, 0.3) is 0 Å². The zero-order valence-electron chi connectivity index (χ0n) is 8.04. The molecule has 0 saturated heterocycles. The fourth-order valence-electron chi connectivity index (χ4n) is 0.833. The molecule has 0 amide bonds.